The number of fused-ring (bicyclic) bond motifs is 1. The molecule has 2 rings (SSSR count). The second kappa shape index (κ2) is 5.72. The summed E-state index contributed by atoms with van der Waals surface area (Å²) in [7, 11) is -9.39. The van der Waals surface area contributed by atoms with Gasteiger partial charge in [0.05, 0.1) is 16.3 Å². The topological polar surface area (TPSA) is 161 Å². The minimum absolute atomic E-state index is 0. The summed E-state index contributed by atoms with van der Waals surface area (Å²) < 4.78 is 63.2. The van der Waals surface area contributed by atoms with Crippen molar-refractivity contribution in [1.29, 1.82) is 0 Å². The molecule has 6 N–H and O–H groups in total. The first-order chi connectivity index (χ1) is 9.01. The van der Waals surface area contributed by atoms with E-state index in [0.29, 0.717) is 6.07 Å². The predicted molar refractivity (Wildman–Crippen MR) is 73.5 cm³/mol. The Morgan fingerprint density at radius 3 is 1.95 bits per heavy atom. The summed E-state index contributed by atoms with van der Waals surface area (Å²) in [5.41, 5.74) is 11.3. The Hall–Kier alpha value is -0.880. The average molecular weight is 342 g/mol. The van der Waals surface area contributed by atoms with Crippen LogP contribution in [0, 0.1) is 0 Å². The largest absolute Gasteiger partial charge is 1.00 e. The fourth-order valence-electron chi connectivity index (χ4n) is 1.78. The van der Waals surface area contributed by atoms with E-state index in [1.54, 1.807) is 0 Å². The molecule has 11 heteroatoms. The van der Waals surface area contributed by atoms with E-state index in [1.165, 1.54) is 12.1 Å². The number of hydrogen-bond acceptors (Lipinski definition) is 6. The second-order valence-electron chi connectivity index (χ2n) is 4.04. The van der Waals surface area contributed by atoms with Gasteiger partial charge in [-0.3, -0.25) is 9.11 Å². The minimum atomic E-state index is -4.71. The molecular weight excluding hydrogens is 331 g/mol. The van der Waals surface area contributed by atoms with Crippen LogP contribution >= 0.6 is 0 Å². The van der Waals surface area contributed by atoms with E-state index >= 15 is 0 Å². The van der Waals surface area contributed by atoms with Gasteiger partial charge < -0.3 is 12.9 Å². The quantitative estimate of drug-likeness (QED) is 0.267. The van der Waals surface area contributed by atoms with Crippen molar-refractivity contribution in [1.82, 2.24) is 0 Å². The Bertz CT molecular complexity index is 930. The zero-order chi connectivity index (χ0) is 15.3. The van der Waals surface area contributed by atoms with Crippen LogP contribution in [0.5, 0.6) is 0 Å². The van der Waals surface area contributed by atoms with Crippen molar-refractivity contribution in [2.24, 2.45) is 0 Å². The van der Waals surface area contributed by atoms with Crippen molar-refractivity contribution in [3.05, 3.63) is 24.3 Å². The fraction of sp³-hybridized carbons (Fsp3) is 0. The smallest absolute Gasteiger partial charge is 1.00 e. The van der Waals surface area contributed by atoms with E-state index in [9.17, 15) is 16.8 Å². The molecule has 0 fully saturated rings. The van der Waals surface area contributed by atoms with Crippen LogP contribution < -0.4 is 41.0 Å². The van der Waals surface area contributed by atoms with Crippen molar-refractivity contribution in [3.8, 4) is 0 Å². The molecule has 0 saturated heterocycles. The van der Waals surface area contributed by atoms with Crippen LogP contribution in [0.4, 0.5) is 11.4 Å². The van der Waals surface area contributed by atoms with Gasteiger partial charge >= 0.3 is 29.6 Å². The molecule has 0 heterocycles. The summed E-state index contributed by atoms with van der Waals surface area (Å²) in [5, 5.41) is -0.0145. The molecule has 2 aromatic rings. The van der Waals surface area contributed by atoms with E-state index in [-0.39, 0.29) is 53.1 Å². The normalized spacial score (nSPS) is 12.1. The monoisotopic (exact) mass is 342 g/mol. The van der Waals surface area contributed by atoms with Crippen molar-refractivity contribution in [2.75, 3.05) is 11.5 Å². The number of anilines is 2. The maximum absolute atomic E-state index is 11.3. The average Bonchev–Trinajstić information content (AvgIpc) is 2.30. The van der Waals surface area contributed by atoms with Crippen LogP contribution in [-0.4, -0.2) is 25.9 Å². The Balaban J connectivity index is 0.00000220. The summed E-state index contributed by atoms with van der Waals surface area (Å²) in [6.07, 6.45) is 0. The molecule has 0 aliphatic heterocycles. The number of hydrogen-bond donors (Lipinski definition) is 4. The zero-order valence-electron chi connectivity index (χ0n) is 11.8. The summed E-state index contributed by atoms with van der Waals surface area (Å²) in [6.45, 7) is 0. The molecule has 0 saturated carbocycles. The standard InChI is InChI=1S/C10H10N2O6S2.Na.H/c11-8-2-1-6-7(10(8)12)3-5(19(13,14)15)4-9(6)20(16,17)18;;/h1-4H,11-12H2,(H,13,14,15)(H,16,17,18);;/q;+1;-1. The van der Waals surface area contributed by atoms with Crippen molar-refractivity contribution < 1.29 is 56.9 Å². The molecule has 0 unspecified atom stereocenters. The van der Waals surface area contributed by atoms with E-state index < -0.39 is 30.0 Å². The summed E-state index contributed by atoms with van der Waals surface area (Å²) in [6, 6.07) is 4.21. The fourth-order valence-corrected chi connectivity index (χ4v) is 3.12. The van der Waals surface area contributed by atoms with Gasteiger partial charge in [-0.25, -0.2) is 0 Å². The predicted octanol–water partition coefficient (Wildman–Crippen LogP) is -2.39. The van der Waals surface area contributed by atoms with Crippen LogP contribution in [0.15, 0.2) is 34.1 Å². The molecule has 21 heavy (non-hydrogen) atoms. The van der Waals surface area contributed by atoms with Gasteiger partial charge in [0.15, 0.2) is 0 Å². The first-order valence-corrected chi connectivity index (χ1v) is 7.96. The summed E-state index contributed by atoms with van der Waals surface area (Å²) in [5.74, 6) is 0. The zero-order valence-corrected chi connectivity index (χ0v) is 14.4. The van der Waals surface area contributed by atoms with Gasteiger partial charge in [-0.05, 0) is 18.2 Å². The first kappa shape index (κ1) is 18.2. The third-order valence-corrected chi connectivity index (χ3v) is 4.45. The molecule has 0 radical (unpaired) electrons. The molecular formula is C10H11N2NaO6S2. The maximum Gasteiger partial charge on any atom is 1.00 e. The van der Waals surface area contributed by atoms with Gasteiger partial charge in [0.25, 0.3) is 20.2 Å². The number of nitrogens with two attached hydrogens (primary N) is 2. The second-order valence-corrected chi connectivity index (χ2v) is 6.85. The molecule has 0 aliphatic carbocycles. The first-order valence-electron chi connectivity index (χ1n) is 5.08. The van der Waals surface area contributed by atoms with Gasteiger partial charge in [0.2, 0.25) is 0 Å². The molecule has 0 bridgehead atoms. The number of rotatable bonds is 2. The molecule has 0 aromatic heterocycles. The maximum atomic E-state index is 11.3. The van der Waals surface area contributed by atoms with Gasteiger partial charge in [-0.2, -0.15) is 16.8 Å². The van der Waals surface area contributed by atoms with E-state index in [2.05, 4.69) is 0 Å². The molecule has 8 nitrogen and oxygen atoms in total. The van der Waals surface area contributed by atoms with E-state index in [0.717, 1.165) is 6.07 Å². The van der Waals surface area contributed by atoms with Crippen LogP contribution in [0.3, 0.4) is 0 Å². The molecule has 0 amide bonds. The van der Waals surface area contributed by atoms with Crippen LogP contribution in [0.1, 0.15) is 1.43 Å². The van der Waals surface area contributed by atoms with Crippen LogP contribution in [0.25, 0.3) is 10.8 Å². The Morgan fingerprint density at radius 2 is 1.48 bits per heavy atom. The van der Waals surface area contributed by atoms with Crippen molar-refractivity contribution in [2.45, 2.75) is 9.79 Å². The van der Waals surface area contributed by atoms with Gasteiger partial charge in [-0.1, -0.05) is 6.07 Å². The third kappa shape index (κ3) is 3.48. The number of benzene rings is 2. The van der Waals surface area contributed by atoms with E-state index in [4.69, 9.17) is 20.6 Å². The van der Waals surface area contributed by atoms with Crippen LogP contribution in [0.2, 0.25) is 0 Å². The van der Waals surface area contributed by atoms with Crippen molar-refractivity contribution >= 4 is 42.4 Å². The SMILES string of the molecule is Nc1ccc2c(S(=O)(=O)O)cc(S(=O)(=O)O)cc2c1N.[H-].[Na+]. The number of nitrogen functional groups attached to an aromatic ring is 2. The van der Waals surface area contributed by atoms with Crippen molar-refractivity contribution in [3.63, 3.8) is 0 Å². The van der Waals surface area contributed by atoms with E-state index in [1.807, 2.05) is 0 Å². The Morgan fingerprint density at radius 1 is 0.905 bits per heavy atom. The molecule has 0 atom stereocenters. The van der Waals surface area contributed by atoms with Crippen LogP contribution in [-0.2, 0) is 20.2 Å². The Kier molecular flexibility index (Phi) is 4.95. The molecule has 0 spiro atoms. The van der Waals surface area contributed by atoms with Gasteiger partial charge in [0, 0.05) is 10.8 Å². The van der Waals surface area contributed by atoms with Gasteiger partial charge in [0.1, 0.15) is 4.90 Å². The third-order valence-electron chi connectivity index (χ3n) is 2.72. The molecule has 0 aliphatic rings. The summed E-state index contributed by atoms with van der Waals surface area (Å²) >= 11 is 0. The molecule has 110 valence electrons. The molecule has 2 aromatic carbocycles. The Labute approximate surface area is 144 Å². The van der Waals surface area contributed by atoms with Gasteiger partial charge in [-0.15, -0.1) is 0 Å². The minimum Gasteiger partial charge on any atom is -1.00 e. The summed E-state index contributed by atoms with van der Waals surface area (Å²) in [4.78, 5) is -1.40.